The Hall–Kier alpha value is -0.520. The third-order valence-corrected chi connectivity index (χ3v) is 4.39. The smallest absolute Gasteiger partial charge is 0.0128 e. The van der Waals surface area contributed by atoms with E-state index >= 15 is 0 Å². The highest BCUT2D eigenvalue weighted by Gasteiger charge is 2.43. The fraction of sp³-hybridized carbons (Fsp3) is 0.692. The molecule has 0 radical (unpaired) electrons. The normalized spacial score (nSPS) is 47.2. The molecule has 70 valence electrons. The predicted octanol–water partition coefficient (Wildman–Crippen LogP) is 3.55. The summed E-state index contributed by atoms with van der Waals surface area (Å²) in [4.78, 5) is 0. The zero-order valence-corrected chi connectivity index (χ0v) is 8.59. The molecule has 0 N–H and O–H groups in total. The first kappa shape index (κ1) is 7.84. The van der Waals surface area contributed by atoms with E-state index in [9.17, 15) is 0 Å². The van der Waals surface area contributed by atoms with Gasteiger partial charge in [0.25, 0.3) is 0 Å². The highest BCUT2D eigenvalue weighted by molar-refractivity contribution is 5.40. The van der Waals surface area contributed by atoms with Crippen molar-refractivity contribution in [3.63, 3.8) is 0 Å². The zero-order valence-electron chi connectivity index (χ0n) is 8.59. The summed E-state index contributed by atoms with van der Waals surface area (Å²) in [5.74, 6) is 3.65. The highest BCUT2D eigenvalue weighted by Crippen LogP contribution is 2.54. The second kappa shape index (κ2) is 2.50. The van der Waals surface area contributed by atoms with E-state index in [1.807, 2.05) is 5.57 Å². The van der Waals surface area contributed by atoms with Crippen molar-refractivity contribution in [1.29, 1.82) is 0 Å². The van der Waals surface area contributed by atoms with Crippen molar-refractivity contribution < 1.29 is 0 Å². The summed E-state index contributed by atoms with van der Waals surface area (Å²) < 4.78 is 0. The Morgan fingerprint density at radius 1 is 1.31 bits per heavy atom. The molecule has 1 fully saturated rings. The minimum atomic E-state index is 0.821. The van der Waals surface area contributed by atoms with Crippen LogP contribution in [0.15, 0.2) is 23.3 Å². The quantitative estimate of drug-likeness (QED) is 0.527. The molecule has 1 saturated carbocycles. The van der Waals surface area contributed by atoms with Gasteiger partial charge in [-0.25, -0.2) is 0 Å². The molecule has 0 heterocycles. The van der Waals surface area contributed by atoms with Crippen LogP contribution in [0.1, 0.15) is 33.1 Å². The average Bonchev–Trinajstić information content (AvgIpc) is 2.89. The molecule has 0 aromatic rings. The van der Waals surface area contributed by atoms with Gasteiger partial charge in [-0.15, -0.1) is 0 Å². The minimum Gasteiger partial charge on any atom is -0.0805 e. The third kappa shape index (κ3) is 1.04. The molecule has 0 aromatic heterocycles. The van der Waals surface area contributed by atoms with Crippen LogP contribution in [0.4, 0.5) is 0 Å². The first-order valence-electron chi connectivity index (χ1n) is 5.68. The molecule has 0 saturated heterocycles. The van der Waals surface area contributed by atoms with Crippen LogP contribution < -0.4 is 0 Å². The zero-order chi connectivity index (χ0) is 9.00. The number of rotatable bonds is 0. The molecule has 13 heavy (non-hydrogen) atoms. The molecule has 3 rings (SSSR count). The van der Waals surface area contributed by atoms with E-state index in [1.165, 1.54) is 19.3 Å². The van der Waals surface area contributed by atoms with E-state index < -0.39 is 0 Å². The molecule has 3 aliphatic carbocycles. The Morgan fingerprint density at radius 2 is 2.15 bits per heavy atom. The summed E-state index contributed by atoms with van der Waals surface area (Å²) in [6.07, 6.45) is 9.17. The molecule has 0 heteroatoms. The van der Waals surface area contributed by atoms with Crippen LogP contribution in [-0.4, -0.2) is 0 Å². The minimum absolute atomic E-state index is 0.821. The van der Waals surface area contributed by atoms with Gasteiger partial charge < -0.3 is 0 Å². The number of allylic oxidation sites excluding steroid dienone is 4. The largest absolute Gasteiger partial charge is 0.0805 e. The van der Waals surface area contributed by atoms with Crippen molar-refractivity contribution in [2.45, 2.75) is 33.1 Å². The van der Waals surface area contributed by atoms with Crippen LogP contribution >= 0.6 is 0 Å². The molecule has 0 aliphatic heterocycles. The van der Waals surface area contributed by atoms with E-state index in [1.54, 1.807) is 5.57 Å². The molecule has 0 bridgehead atoms. The van der Waals surface area contributed by atoms with E-state index in [-0.39, 0.29) is 0 Å². The van der Waals surface area contributed by atoms with Crippen LogP contribution in [0.2, 0.25) is 0 Å². The van der Waals surface area contributed by atoms with Crippen LogP contribution in [0.5, 0.6) is 0 Å². The second-order valence-corrected chi connectivity index (χ2v) is 5.15. The van der Waals surface area contributed by atoms with Gasteiger partial charge in [-0.05, 0) is 48.5 Å². The van der Waals surface area contributed by atoms with Crippen LogP contribution in [-0.2, 0) is 0 Å². The lowest BCUT2D eigenvalue weighted by Crippen LogP contribution is -2.19. The van der Waals surface area contributed by atoms with E-state index in [4.69, 9.17) is 0 Å². The number of hydrogen-bond donors (Lipinski definition) is 0. The van der Waals surface area contributed by atoms with E-state index in [2.05, 4.69) is 26.0 Å². The van der Waals surface area contributed by atoms with Crippen molar-refractivity contribution in [3.8, 4) is 0 Å². The molecule has 0 spiro atoms. The topological polar surface area (TPSA) is 0 Å². The maximum Gasteiger partial charge on any atom is -0.0128 e. The van der Waals surface area contributed by atoms with Crippen molar-refractivity contribution in [2.24, 2.45) is 23.7 Å². The van der Waals surface area contributed by atoms with Crippen LogP contribution in [0, 0.1) is 23.7 Å². The molecule has 3 aliphatic rings. The van der Waals surface area contributed by atoms with Crippen molar-refractivity contribution in [1.82, 2.24) is 0 Å². The molecule has 0 aromatic carbocycles. The highest BCUT2D eigenvalue weighted by atomic mass is 14.5. The van der Waals surface area contributed by atoms with Gasteiger partial charge in [-0.3, -0.25) is 0 Å². The van der Waals surface area contributed by atoms with Gasteiger partial charge >= 0.3 is 0 Å². The summed E-state index contributed by atoms with van der Waals surface area (Å²) in [7, 11) is 0. The maximum absolute atomic E-state index is 2.46. The maximum atomic E-state index is 2.46. The lowest BCUT2D eigenvalue weighted by molar-refractivity contribution is 0.381. The summed E-state index contributed by atoms with van der Waals surface area (Å²) in [6, 6.07) is 0. The van der Waals surface area contributed by atoms with Gasteiger partial charge in [0.1, 0.15) is 0 Å². The Balaban J connectivity index is 2.00. The fourth-order valence-electron chi connectivity index (χ4n) is 3.09. The molecule has 4 unspecified atom stereocenters. The predicted molar refractivity (Wildman–Crippen MR) is 55.3 cm³/mol. The van der Waals surface area contributed by atoms with Gasteiger partial charge in [-0.2, -0.15) is 0 Å². The first-order valence-corrected chi connectivity index (χ1v) is 5.68. The molecular formula is C13H18. The Kier molecular flexibility index (Phi) is 1.51. The molecular weight excluding hydrogens is 156 g/mol. The SMILES string of the molecule is CC1CCC2=C(C=CC3CC23)C1C. The monoisotopic (exact) mass is 174 g/mol. The van der Waals surface area contributed by atoms with Gasteiger partial charge in [-0.1, -0.05) is 31.6 Å². The van der Waals surface area contributed by atoms with Crippen molar-refractivity contribution >= 4 is 0 Å². The third-order valence-electron chi connectivity index (χ3n) is 4.39. The lowest BCUT2D eigenvalue weighted by Gasteiger charge is -2.31. The number of fused-ring (bicyclic) bond motifs is 2. The standard InChI is InChI=1S/C13H18/c1-8-3-5-12-11(9(8)2)6-4-10-7-13(10)12/h4,6,8-10,13H,3,5,7H2,1-2H3. The lowest BCUT2D eigenvalue weighted by atomic mass is 9.74. The van der Waals surface area contributed by atoms with Crippen molar-refractivity contribution in [2.75, 3.05) is 0 Å². The Bertz CT molecular complexity index is 295. The summed E-state index contributed by atoms with van der Waals surface area (Å²) >= 11 is 0. The van der Waals surface area contributed by atoms with Crippen molar-refractivity contribution in [3.05, 3.63) is 23.3 Å². The average molecular weight is 174 g/mol. The van der Waals surface area contributed by atoms with Gasteiger partial charge in [0.2, 0.25) is 0 Å². The summed E-state index contributed by atoms with van der Waals surface area (Å²) in [5, 5.41) is 0. The summed E-state index contributed by atoms with van der Waals surface area (Å²) in [6.45, 7) is 4.81. The van der Waals surface area contributed by atoms with E-state index in [0.717, 1.165) is 23.7 Å². The molecule has 0 nitrogen and oxygen atoms in total. The Morgan fingerprint density at radius 3 is 3.00 bits per heavy atom. The van der Waals surface area contributed by atoms with Gasteiger partial charge in [0, 0.05) is 0 Å². The van der Waals surface area contributed by atoms with Gasteiger partial charge in [0.05, 0.1) is 0 Å². The van der Waals surface area contributed by atoms with Crippen LogP contribution in [0.3, 0.4) is 0 Å². The van der Waals surface area contributed by atoms with Gasteiger partial charge in [0.15, 0.2) is 0 Å². The van der Waals surface area contributed by atoms with E-state index in [0.29, 0.717) is 0 Å². The summed E-state index contributed by atoms with van der Waals surface area (Å²) in [5.41, 5.74) is 3.54. The Labute approximate surface area is 80.7 Å². The molecule has 0 amide bonds. The second-order valence-electron chi connectivity index (χ2n) is 5.15. The first-order chi connectivity index (χ1) is 6.27. The molecule has 4 atom stereocenters. The fourth-order valence-corrected chi connectivity index (χ4v) is 3.09. The van der Waals surface area contributed by atoms with Crippen LogP contribution in [0.25, 0.3) is 0 Å². The number of hydrogen-bond acceptors (Lipinski definition) is 0.